The fraction of sp³-hybridized carbons (Fsp3) is 0.333. The smallest absolute Gasteiger partial charge is 0.200 e. The maximum Gasteiger partial charge on any atom is 0.200 e. The standard InChI is InChI=1S/C12H9Cl2NO3/c13-6-4-7(14)11(15-5-6)12(18)10-8(16)2-1-3-9(10)17/h4-5,10H,1-3H2. The third-order valence-electron chi connectivity index (χ3n) is 2.79. The molecule has 94 valence electrons. The summed E-state index contributed by atoms with van der Waals surface area (Å²) in [6.45, 7) is 0. The van der Waals surface area contributed by atoms with Gasteiger partial charge in [0.25, 0.3) is 0 Å². The zero-order valence-corrected chi connectivity index (χ0v) is 10.8. The van der Waals surface area contributed by atoms with Crippen LogP contribution in [0.4, 0.5) is 0 Å². The molecule has 0 N–H and O–H groups in total. The number of carbonyl (C=O) groups excluding carboxylic acids is 3. The van der Waals surface area contributed by atoms with Gasteiger partial charge in [-0.1, -0.05) is 23.2 Å². The van der Waals surface area contributed by atoms with Crippen LogP contribution in [0.2, 0.25) is 10.0 Å². The minimum atomic E-state index is -1.25. The van der Waals surface area contributed by atoms with E-state index in [0.717, 1.165) is 0 Å². The Morgan fingerprint density at radius 2 is 1.83 bits per heavy atom. The van der Waals surface area contributed by atoms with Crippen LogP contribution in [-0.2, 0) is 9.59 Å². The molecule has 0 unspecified atom stereocenters. The topological polar surface area (TPSA) is 64.1 Å². The number of pyridine rings is 1. The number of carbonyl (C=O) groups is 3. The molecule has 1 aromatic heterocycles. The first-order valence-electron chi connectivity index (χ1n) is 5.41. The first-order valence-corrected chi connectivity index (χ1v) is 6.17. The zero-order valence-electron chi connectivity index (χ0n) is 9.28. The molecular weight excluding hydrogens is 277 g/mol. The number of Topliss-reactive ketones (excluding diaryl/α,β-unsaturated/α-hetero) is 3. The van der Waals surface area contributed by atoms with Gasteiger partial charge in [-0.3, -0.25) is 14.4 Å². The molecule has 0 aromatic carbocycles. The first-order chi connectivity index (χ1) is 8.50. The molecular formula is C12H9Cl2NO3. The molecule has 4 nitrogen and oxygen atoms in total. The molecule has 18 heavy (non-hydrogen) atoms. The van der Waals surface area contributed by atoms with Crippen molar-refractivity contribution in [1.29, 1.82) is 0 Å². The van der Waals surface area contributed by atoms with Crippen LogP contribution in [-0.4, -0.2) is 22.3 Å². The summed E-state index contributed by atoms with van der Waals surface area (Å²) in [5, 5.41) is 0.344. The Morgan fingerprint density at radius 3 is 2.39 bits per heavy atom. The van der Waals surface area contributed by atoms with Crippen molar-refractivity contribution in [3.8, 4) is 0 Å². The molecule has 0 saturated heterocycles. The number of rotatable bonds is 2. The molecule has 1 heterocycles. The molecule has 2 rings (SSSR count). The van der Waals surface area contributed by atoms with Gasteiger partial charge in [-0.2, -0.15) is 0 Å². The molecule has 0 amide bonds. The van der Waals surface area contributed by atoms with Crippen molar-refractivity contribution < 1.29 is 14.4 Å². The van der Waals surface area contributed by atoms with Crippen molar-refractivity contribution in [2.75, 3.05) is 0 Å². The fourth-order valence-electron chi connectivity index (χ4n) is 1.93. The minimum absolute atomic E-state index is 0.0543. The summed E-state index contributed by atoms with van der Waals surface area (Å²) in [4.78, 5) is 39.2. The van der Waals surface area contributed by atoms with Crippen LogP contribution in [0.5, 0.6) is 0 Å². The third kappa shape index (κ3) is 2.44. The summed E-state index contributed by atoms with van der Waals surface area (Å²) in [6, 6.07) is 1.36. The lowest BCUT2D eigenvalue weighted by atomic mass is 9.83. The van der Waals surface area contributed by atoms with E-state index in [1.54, 1.807) is 0 Å². The summed E-state index contributed by atoms with van der Waals surface area (Å²) < 4.78 is 0. The van der Waals surface area contributed by atoms with E-state index in [4.69, 9.17) is 23.2 Å². The Balaban J connectivity index is 2.35. The van der Waals surface area contributed by atoms with Gasteiger partial charge >= 0.3 is 0 Å². The van der Waals surface area contributed by atoms with E-state index in [1.165, 1.54) is 12.3 Å². The summed E-state index contributed by atoms with van der Waals surface area (Å²) in [6.07, 6.45) is 2.25. The second kappa shape index (κ2) is 5.16. The van der Waals surface area contributed by atoms with Gasteiger partial charge in [0.05, 0.1) is 10.0 Å². The highest BCUT2D eigenvalue weighted by atomic mass is 35.5. The Morgan fingerprint density at radius 1 is 1.22 bits per heavy atom. The SMILES string of the molecule is O=C1CCCC(=O)C1C(=O)c1ncc(Cl)cc1Cl. The highest BCUT2D eigenvalue weighted by Gasteiger charge is 2.37. The molecule has 1 saturated carbocycles. The highest BCUT2D eigenvalue weighted by molar-refractivity contribution is 6.37. The van der Waals surface area contributed by atoms with Gasteiger partial charge in [-0.15, -0.1) is 0 Å². The molecule has 1 aromatic rings. The molecule has 1 aliphatic carbocycles. The summed E-state index contributed by atoms with van der Waals surface area (Å²) in [5.41, 5.74) is -0.0744. The van der Waals surface area contributed by atoms with Gasteiger partial charge in [-0.25, -0.2) is 4.98 Å². The van der Waals surface area contributed by atoms with Crippen molar-refractivity contribution in [3.63, 3.8) is 0 Å². The maximum atomic E-state index is 12.1. The van der Waals surface area contributed by atoms with Crippen LogP contribution in [0.1, 0.15) is 29.8 Å². The van der Waals surface area contributed by atoms with Gasteiger partial charge in [0.15, 0.2) is 11.6 Å². The predicted molar refractivity (Wildman–Crippen MR) is 65.9 cm³/mol. The van der Waals surface area contributed by atoms with Gasteiger partial charge < -0.3 is 0 Å². The largest absolute Gasteiger partial charge is 0.298 e. The van der Waals surface area contributed by atoms with Crippen LogP contribution in [0.15, 0.2) is 12.3 Å². The average Bonchev–Trinajstić information content (AvgIpc) is 2.28. The van der Waals surface area contributed by atoms with E-state index in [1.807, 2.05) is 0 Å². The molecule has 0 radical (unpaired) electrons. The summed E-state index contributed by atoms with van der Waals surface area (Å²) in [7, 11) is 0. The Labute approximate surface area is 113 Å². The van der Waals surface area contributed by atoms with Gasteiger partial charge in [0.2, 0.25) is 5.78 Å². The molecule has 0 bridgehead atoms. The molecule has 0 atom stereocenters. The van der Waals surface area contributed by atoms with E-state index in [0.29, 0.717) is 6.42 Å². The van der Waals surface area contributed by atoms with Gasteiger partial charge in [0.1, 0.15) is 11.6 Å². The van der Waals surface area contributed by atoms with Crippen LogP contribution < -0.4 is 0 Å². The lowest BCUT2D eigenvalue weighted by Gasteiger charge is -2.18. The maximum absolute atomic E-state index is 12.1. The normalized spacial score (nSPS) is 17.0. The van der Waals surface area contributed by atoms with Crippen molar-refractivity contribution in [2.24, 2.45) is 5.92 Å². The van der Waals surface area contributed by atoms with Crippen molar-refractivity contribution in [3.05, 3.63) is 28.0 Å². The van der Waals surface area contributed by atoms with Crippen LogP contribution in [0.25, 0.3) is 0 Å². The number of nitrogens with zero attached hydrogens (tertiary/aromatic N) is 1. The average molecular weight is 286 g/mol. The van der Waals surface area contributed by atoms with Crippen LogP contribution in [0, 0.1) is 5.92 Å². The fourth-order valence-corrected chi connectivity index (χ4v) is 2.40. The van der Waals surface area contributed by atoms with E-state index >= 15 is 0 Å². The number of aromatic nitrogens is 1. The summed E-state index contributed by atoms with van der Waals surface area (Å²) >= 11 is 11.5. The Bertz CT molecular complexity index is 526. The number of hydrogen-bond donors (Lipinski definition) is 0. The molecule has 1 aliphatic rings. The van der Waals surface area contributed by atoms with E-state index < -0.39 is 11.7 Å². The van der Waals surface area contributed by atoms with E-state index in [2.05, 4.69) is 4.98 Å². The molecule has 1 fully saturated rings. The Kier molecular flexibility index (Phi) is 3.78. The monoisotopic (exact) mass is 285 g/mol. The molecule has 0 spiro atoms. The minimum Gasteiger partial charge on any atom is -0.298 e. The molecule has 6 heteroatoms. The van der Waals surface area contributed by atoms with Crippen molar-refractivity contribution in [2.45, 2.75) is 19.3 Å². The first kappa shape index (κ1) is 13.2. The lowest BCUT2D eigenvalue weighted by Crippen LogP contribution is -2.35. The third-order valence-corrected chi connectivity index (χ3v) is 3.29. The van der Waals surface area contributed by atoms with E-state index in [9.17, 15) is 14.4 Å². The van der Waals surface area contributed by atoms with Crippen LogP contribution >= 0.6 is 23.2 Å². The van der Waals surface area contributed by atoms with Gasteiger partial charge in [0, 0.05) is 19.0 Å². The predicted octanol–water partition coefficient (Wildman–Crippen LogP) is 2.51. The second-order valence-electron chi connectivity index (χ2n) is 4.07. The van der Waals surface area contributed by atoms with Crippen molar-refractivity contribution >= 4 is 40.6 Å². The summed E-state index contributed by atoms with van der Waals surface area (Å²) in [5.74, 6) is -2.59. The quantitative estimate of drug-likeness (QED) is 0.619. The van der Waals surface area contributed by atoms with Gasteiger partial charge in [-0.05, 0) is 12.5 Å². The van der Waals surface area contributed by atoms with E-state index in [-0.39, 0.29) is 40.1 Å². The molecule has 0 aliphatic heterocycles. The zero-order chi connectivity index (χ0) is 13.3. The number of ketones is 3. The number of halogens is 2. The second-order valence-corrected chi connectivity index (χ2v) is 4.91. The lowest BCUT2D eigenvalue weighted by molar-refractivity contribution is -0.133. The Hall–Kier alpha value is -1.26. The highest BCUT2D eigenvalue weighted by Crippen LogP contribution is 2.25. The number of hydrogen-bond acceptors (Lipinski definition) is 4. The van der Waals surface area contributed by atoms with Crippen molar-refractivity contribution in [1.82, 2.24) is 4.98 Å². The van der Waals surface area contributed by atoms with Crippen LogP contribution in [0.3, 0.4) is 0 Å².